The van der Waals surface area contributed by atoms with Crippen molar-refractivity contribution < 1.29 is 14.3 Å². The molecule has 3 rings (SSSR count). The van der Waals surface area contributed by atoms with Gasteiger partial charge in [0.15, 0.2) is 11.5 Å². The average molecular weight is 372 g/mol. The van der Waals surface area contributed by atoms with E-state index in [9.17, 15) is 9.59 Å². The molecule has 1 aliphatic rings. The Bertz CT molecular complexity index is 909. The first-order chi connectivity index (χ1) is 12.9. The van der Waals surface area contributed by atoms with Gasteiger partial charge in [0.2, 0.25) is 0 Å². The van der Waals surface area contributed by atoms with Crippen LogP contribution in [0, 0.1) is 11.8 Å². The first kappa shape index (κ1) is 19.3. The van der Waals surface area contributed by atoms with Crippen molar-refractivity contribution in [1.29, 1.82) is 0 Å². The number of carbonyl (C=O) groups is 1. The molecule has 0 bridgehead atoms. The van der Waals surface area contributed by atoms with Gasteiger partial charge < -0.3 is 18.9 Å². The van der Waals surface area contributed by atoms with Crippen LogP contribution in [0.4, 0.5) is 0 Å². The van der Waals surface area contributed by atoms with Gasteiger partial charge in [0, 0.05) is 31.2 Å². The Balaban J connectivity index is 2.20. The van der Waals surface area contributed by atoms with E-state index in [2.05, 4.69) is 13.8 Å². The lowest BCUT2D eigenvalue weighted by atomic mass is 9.91. The van der Waals surface area contributed by atoms with E-state index in [0.717, 1.165) is 19.5 Å². The molecule has 146 valence electrons. The van der Waals surface area contributed by atoms with Gasteiger partial charge in [-0.15, -0.1) is 0 Å². The van der Waals surface area contributed by atoms with Crippen LogP contribution >= 0.6 is 0 Å². The number of carbonyl (C=O) groups excluding carboxylic acids is 1. The summed E-state index contributed by atoms with van der Waals surface area (Å²) in [5.74, 6) is 1.89. The number of pyridine rings is 1. The summed E-state index contributed by atoms with van der Waals surface area (Å²) in [7, 11) is 3.08. The molecule has 2 heterocycles. The number of ether oxygens (including phenoxy) is 2. The van der Waals surface area contributed by atoms with Crippen molar-refractivity contribution in [3.05, 3.63) is 34.2 Å². The van der Waals surface area contributed by atoms with Gasteiger partial charge in [-0.2, -0.15) is 0 Å². The molecule has 1 saturated heterocycles. The molecule has 6 nitrogen and oxygen atoms in total. The second kappa shape index (κ2) is 7.62. The topological polar surface area (TPSA) is 60.8 Å². The van der Waals surface area contributed by atoms with E-state index in [1.54, 1.807) is 30.0 Å². The summed E-state index contributed by atoms with van der Waals surface area (Å²) in [4.78, 5) is 28.1. The van der Waals surface area contributed by atoms with Crippen LogP contribution in [0.1, 0.15) is 37.6 Å². The average Bonchev–Trinajstić information content (AvgIpc) is 2.66. The summed E-state index contributed by atoms with van der Waals surface area (Å²) < 4.78 is 12.3. The first-order valence-electron chi connectivity index (χ1n) is 9.48. The molecule has 27 heavy (non-hydrogen) atoms. The first-order valence-corrected chi connectivity index (χ1v) is 9.48. The lowest BCUT2D eigenvalue weighted by molar-refractivity contribution is 0.0624. The molecular weight excluding hydrogens is 344 g/mol. The Morgan fingerprint density at radius 1 is 1.07 bits per heavy atom. The maximum absolute atomic E-state index is 13.4. The molecule has 1 fully saturated rings. The molecule has 0 spiro atoms. The quantitative estimate of drug-likeness (QED) is 0.827. The molecule has 1 aliphatic heterocycles. The van der Waals surface area contributed by atoms with E-state index in [-0.39, 0.29) is 11.5 Å². The minimum atomic E-state index is -0.134. The van der Waals surface area contributed by atoms with E-state index in [0.29, 0.717) is 46.2 Å². The number of rotatable bonds is 4. The van der Waals surface area contributed by atoms with Gasteiger partial charge in [-0.25, -0.2) is 0 Å². The summed E-state index contributed by atoms with van der Waals surface area (Å²) in [5, 5.41) is 1.08. The second-order valence-electron chi connectivity index (χ2n) is 7.54. The van der Waals surface area contributed by atoms with Crippen molar-refractivity contribution >= 4 is 16.7 Å². The van der Waals surface area contributed by atoms with Crippen LogP contribution in [-0.2, 0) is 6.54 Å². The zero-order valence-corrected chi connectivity index (χ0v) is 16.7. The standard InChI is InChI=1S/C21H28N2O4/c1-6-22-12-17(21(25)23-10-13(2)7-14(3)11-23)15-8-18(26-4)19(27-5)9-16(15)20(22)24/h8-9,12-14H,6-7,10-11H2,1-5H3/t13-,14-/m0/s1. The fourth-order valence-corrected chi connectivity index (χ4v) is 4.12. The van der Waals surface area contributed by atoms with E-state index < -0.39 is 0 Å². The molecule has 0 aliphatic carbocycles. The van der Waals surface area contributed by atoms with Gasteiger partial charge in [0.05, 0.1) is 25.2 Å². The van der Waals surface area contributed by atoms with Gasteiger partial charge in [-0.05, 0) is 37.3 Å². The number of nitrogens with zero attached hydrogens (tertiary/aromatic N) is 2. The van der Waals surface area contributed by atoms with Crippen LogP contribution in [0.15, 0.2) is 23.1 Å². The SMILES string of the molecule is CCn1cc(C(=O)N2C[C@@H](C)C[C@H](C)C2)c2cc(OC)c(OC)cc2c1=O. The highest BCUT2D eigenvalue weighted by Gasteiger charge is 2.28. The predicted molar refractivity (Wildman–Crippen MR) is 106 cm³/mol. The van der Waals surface area contributed by atoms with Gasteiger partial charge in [-0.3, -0.25) is 9.59 Å². The van der Waals surface area contributed by atoms with Gasteiger partial charge >= 0.3 is 0 Å². The Morgan fingerprint density at radius 3 is 2.15 bits per heavy atom. The molecule has 6 heteroatoms. The lowest BCUT2D eigenvalue weighted by Crippen LogP contribution is -2.43. The van der Waals surface area contributed by atoms with E-state index in [1.165, 1.54) is 7.11 Å². The Labute approximate surface area is 159 Å². The molecular formula is C21H28N2O4. The van der Waals surface area contributed by atoms with Crippen molar-refractivity contribution in [2.24, 2.45) is 11.8 Å². The van der Waals surface area contributed by atoms with Crippen LogP contribution < -0.4 is 15.0 Å². The normalized spacial score (nSPS) is 20.0. The van der Waals surface area contributed by atoms with Crippen LogP contribution in [0.25, 0.3) is 10.8 Å². The monoisotopic (exact) mass is 372 g/mol. The lowest BCUT2D eigenvalue weighted by Gasteiger charge is -2.35. The Morgan fingerprint density at radius 2 is 1.63 bits per heavy atom. The molecule has 0 saturated carbocycles. The highest BCUT2D eigenvalue weighted by Crippen LogP contribution is 2.33. The molecule has 0 unspecified atom stereocenters. The van der Waals surface area contributed by atoms with Gasteiger partial charge in [-0.1, -0.05) is 13.8 Å². The summed E-state index contributed by atoms with van der Waals surface area (Å²) in [6, 6.07) is 3.40. The molecule has 0 N–H and O–H groups in total. The van der Waals surface area contributed by atoms with E-state index in [1.807, 2.05) is 11.8 Å². The third-order valence-corrected chi connectivity index (χ3v) is 5.32. The van der Waals surface area contributed by atoms with E-state index in [4.69, 9.17) is 9.47 Å². The van der Waals surface area contributed by atoms with Crippen molar-refractivity contribution in [3.8, 4) is 11.5 Å². The number of piperidine rings is 1. The maximum Gasteiger partial charge on any atom is 0.258 e. The molecule has 1 aromatic heterocycles. The van der Waals surface area contributed by atoms with Crippen molar-refractivity contribution in [2.45, 2.75) is 33.7 Å². The zero-order valence-electron chi connectivity index (χ0n) is 16.7. The highest BCUT2D eigenvalue weighted by atomic mass is 16.5. The summed E-state index contributed by atoms with van der Waals surface area (Å²) in [5.41, 5.74) is 0.402. The number of fused-ring (bicyclic) bond motifs is 1. The second-order valence-corrected chi connectivity index (χ2v) is 7.54. The Kier molecular flexibility index (Phi) is 5.44. The molecule has 1 aromatic carbocycles. The predicted octanol–water partition coefficient (Wildman–Crippen LogP) is 3.16. The minimum Gasteiger partial charge on any atom is -0.493 e. The molecule has 0 radical (unpaired) electrons. The van der Waals surface area contributed by atoms with Gasteiger partial charge in [0.1, 0.15) is 0 Å². The highest BCUT2D eigenvalue weighted by molar-refractivity contribution is 6.07. The number of benzene rings is 1. The van der Waals surface area contributed by atoms with Gasteiger partial charge in [0.25, 0.3) is 11.5 Å². The summed E-state index contributed by atoms with van der Waals surface area (Å²) in [6.45, 7) is 8.22. The van der Waals surface area contributed by atoms with Crippen LogP contribution in [0.3, 0.4) is 0 Å². The zero-order chi connectivity index (χ0) is 19.7. The number of likely N-dealkylation sites (tertiary alicyclic amines) is 1. The van der Waals surface area contributed by atoms with Crippen molar-refractivity contribution in [3.63, 3.8) is 0 Å². The molecule has 2 aromatic rings. The summed E-state index contributed by atoms with van der Waals surface area (Å²) in [6.07, 6.45) is 2.81. The fraction of sp³-hybridized carbons (Fsp3) is 0.524. The number of aryl methyl sites for hydroxylation is 1. The van der Waals surface area contributed by atoms with Crippen LogP contribution in [0.5, 0.6) is 11.5 Å². The van der Waals surface area contributed by atoms with Crippen molar-refractivity contribution in [2.75, 3.05) is 27.3 Å². The largest absolute Gasteiger partial charge is 0.493 e. The molecule has 2 atom stereocenters. The van der Waals surface area contributed by atoms with E-state index >= 15 is 0 Å². The maximum atomic E-state index is 13.4. The molecule has 1 amide bonds. The number of hydrogen-bond acceptors (Lipinski definition) is 4. The number of hydrogen-bond donors (Lipinski definition) is 0. The number of aromatic nitrogens is 1. The smallest absolute Gasteiger partial charge is 0.258 e. The third kappa shape index (κ3) is 3.53. The van der Waals surface area contributed by atoms with Crippen LogP contribution in [0.2, 0.25) is 0 Å². The Hall–Kier alpha value is -2.50. The minimum absolute atomic E-state index is 0.0344. The number of amides is 1. The summed E-state index contributed by atoms with van der Waals surface area (Å²) >= 11 is 0. The fourth-order valence-electron chi connectivity index (χ4n) is 4.12. The number of methoxy groups -OCH3 is 2. The van der Waals surface area contributed by atoms with Crippen LogP contribution in [-0.4, -0.2) is 42.7 Å². The van der Waals surface area contributed by atoms with Crippen molar-refractivity contribution in [1.82, 2.24) is 9.47 Å². The third-order valence-electron chi connectivity index (χ3n) is 5.32.